The minimum Gasteiger partial charge on any atom is -0.510 e. The Morgan fingerprint density at radius 3 is 1.43 bits per heavy atom. The Kier molecular flexibility index (Phi) is 31.6. The average molecular weight is 672 g/mol. The van der Waals surface area contributed by atoms with Crippen molar-refractivity contribution in [2.24, 2.45) is 0 Å². The largest absolute Gasteiger partial charge is 0.510 e. The monoisotopic (exact) mass is 672 g/mol. The van der Waals surface area contributed by atoms with Gasteiger partial charge in [0.05, 0.1) is 13.2 Å². The zero-order valence-corrected chi connectivity index (χ0v) is 31.8. The highest BCUT2D eigenvalue weighted by molar-refractivity contribution is 5.67. The van der Waals surface area contributed by atoms with Gasteiger partial charge in [0.2, 0.25) is 5.88 Å². The van der Waals surface area contributed by atoms with Crippen molar-refractivity contribution in [3.8, 4) is 0 Å². The summed E-state index contributed by atoms with van der Waals surface area (Å²) in [7, 11) is 3.97. The minimum atomic E-state index is -0.858. The minimum absolute atomic E-state index is 0.182. The second kappa shape index (κ2) is 32.8. The molecule has 47 heavy (non-hydrogen) atoms. The third-order valence-corrected chi connectivity index (χ3v) is 8.35. The molecule has 9 nitrogen and oxygen atoms in total. The van der Waals surface area contributed by atoms with E-state index in [1.165, 1.54) is 103 Å². The first kappa shape index (κ1) is 45.3. The van der Waals surface area contributed by atoms with Gasteiger partial charge in [-0.05, 0) is 40.8 Å². The second-order valence-corrected chi connectivity index (χ2v) is 13.6. The molecule has 0 aromatic heterocycles. The lowest BCUT2D eigenvalue weighted by Gasteiger charge is -2.26. The molecule has 2 N–H and O–H groups in total. The number of hydrogen-bond donors (Lipinski definition) is 2. The predicted octanol–water partition coefficient (Wildman–Crippen LogP) is 9.56. The summed E-state index contributed by atoms with van der Waals surface area (Å²) in [6, 6.07) is 0. The van der Waals surface area contributed by atoms with Crippen LogP contribution in [-0.4, -0.2) is 93.5 Å². The summed E-state index contributed by atoms with van der Waals surface area (Å²) in [5, 5.41) is 12.4. The number of carbonyl (C=O) groups is 1. The van der Waals surface area contributed by atoms with Crippen LogP contribution in [0.1, 0.15) is 156 Å². The first-order chi connectivity index (χ1) is 22.8. The molecule has 0 aromatic rings. The van der Waals surface area contributed by atoms with E-state index >= 15 is 0 Å². The third kappa shape index (κ3) is 31.3. The van der Waals surface area contributed by atoms with Crippen LogP contribution >= 0.6 is 0 Å². The fraction of sp³-hybridized carbons (Fsp3) is 0.921. The molecule has 0 saturated carbocycles. The normalized spacial score (nSPS) is 12.1. The van der Waals surface area contributed by atoms with Crippen molar-refractivity contribution < 1.29 is 28.8 Å². The molecule has 0 bridgehead atoms. The van der Waals surface area contributed by atoms with E-state index in [1.54, 1.807) is 0 Å². The number of nitrogens with zero attached hydrogens (tertiary/aromatic N) is 2. The van der Waals surface area contributed by atoms with Crippen molar-refractivity contribution >= 4 is 6.09 Å². The molecule has 9 heteroatoms. The summed E-state index contributed by atoms with van der Waals surface area (Å²) >= 11 is 0. The fourth-order valence-electron chi connectivity index (χ4n) is 5.40. The Bertz CT molecular complexity index is 696. The fourth-order valence-corrected chi connectivity index (χ4v) is 5.40. The third-order valence-electron chi connectivity index (χ3n) is 8.35. The number of nitrogens with one attached hydrogen (secondary N) is 1. The molecule has 0 heterocycles. The van der Waals surface area contributed by atoms with E-state index in [1.807, 2.05) is 37.7 Å². The topological polar surface area (TPSA) is 92.7 Å². The molecule has 0 fully saturated rings. The lowest BCUT2D eigenvalue weighted by molar-refractivity contribution is -0.220. The van der Waals surface area contributed by atoms with Crippen LogP contribution in [0.3, 0.4) is 0 Å². The number of rotatable bonds is 35. The van der Waals surface area contributed by atoms with Gasteiger partial charge in [0.15, 0.2) is 5.79 Å². The average Bonchev–Trinajstić information content (AvgIpc) is 3.04. The Balaban J connectivity index is 4.39. The second-order valence-electron chi connectivity index (χ2n) is 13.6. The quantitative estimate of drug-likeness (QED) is 0.0391. The number of ether oxygens (including phenoxy) is 4. The van der Waals surface area contributed by atoms with Gasteiger partial charge in [-0.15, -0.1) is 0 Å². The smallest absolute Gasteiger partial charge is 0.409 e. The molecule has 0 spiro atoms. The van der Waals surface area contributed by atoms with Crippen LogP contribution in [0.2, 0.25) is 0 Å². The summed E-state index contributed by atoms with van der Waals surface area (Å²) in [4.78, 5) is 17.0. The number of aliphatic hydroxyl groups is 1. The van der Waals surface area contributed by atoms with E-state index in [4.69, 9.17) is 18.9 Å². The first-order valence-corrected chi connectivity index (χ1v) is 19.3. The molecule has 280 valence electrons. The van der Waals surface area contributed by atoms with Crippen LogP contribution in [0.15, 0.2) is 12.1 Å². The zero-order chi connectivity index (χ0) is 34.9. The molecular formula is C38H77N3O6. The maximum Gasteiger partial charge on any atom is 0.409 e. The highest BCUT2D eigenvalue weighted by atomic mass is 16.7. The van der Waals surface area contributed by atoms with Crippen molar-refractivity contribution in [3.63, 3.8) is 0 Å². The maximum absolute atomic E-state index is 13.0. The van der Waals surface area contributed by atoms with Crippen LogP contribution in [-0.2, 0) is 18.9 Å². The number of amides is 1. The highest BCUT2D eigenvalue weighted by Gasteiger charge is 2.20. The van der Waals surface area contributed by atoms with E-state index in [-0.39, 0.29) is 32.5 Å². The van der Waals surface area contributed by atoms with Crippen LogP contribution in [0.5, 0.6) is 0 Å². The molecule has 1 amide bonds. The lowest BCUT2D eigenvalue weighted by atomic mass is 10.1. The summed E-state index contributed by atoms with van der Waals surface area (Å²) in [6.45, 7) is 12.2. The van der Waals surface area contributed by atoms with Gasteiger partial charge in [-0.2, -0.15) is 0 Å². The highest BCUT2D eigenvalue weighted by Crippen LogP contribution is 2.14. The van der Waals surface area contributed by atoms with Gasteiger partial charge < -0.3 is 39.2 Å². The standard InChI is InChI=1S/C38H77N3O6/c1-7-9-11-13-15-17-19-21-23-25-28-41(29-26-24-22-20-18-16-14-12-10-8-2)37(43)45-32-34-47-38(3,4)46-33-31-44-36(35-42)39-27-30-40(5)6/h35,39,42H,7-34H2,1-6H3/b36-35-. The molecule has 0 atom stereocenters. The van der Waals surface area contributed by atoms with Crippen molar-refractivity contribution in [1.29, 1.82) is 0 Å². The molecule has 0 rings (SSSR count). The van der Waals surface area contributed by atoms with Gasteiger partial charge in [-0.1, -0.05) is 129 Å². The van der Waals surface area contributed by atoms with E-state index < -0.39 is 5.79 Å². The van der Waals surface area contributed by atoms with E-state index in [2.05, 4.69) is 19.2 Å². The van der Waals surface area contributed by atoms with Gasteiger partial charge in [0.1, 0.15) is 19.5 Å². The summed E-state index contributed by atoms with van der Waals surface area (Å²) in [5.41, 5.74) is 0. The number of likely N-dealkylation sites (N-methyl/N-ethyl adjacent to an activating group) is 1. The number of unbranched alkanes of at least 4 members (excludes halogenated alkanes) is 18. The van der Waals surface area contributed by atoms with Crippen LogP contribution in [0, 0.1) is 0 Å². The van der Waals surface area contributed by atoms with Gasteiger partial charge in [0.25, 0.3) is 0 Å². The molecule has 0 aromatic carbocycles. The van der Waals surface area contributed by atoms with Crippen molar-refractivity contribution in [2.45, 2.75) is 162 Å². The zero-order valence-electron chi connectivity index (χ0n) is 31.8. The number of hydrogen-bond acceptors (Lipinski definition) is 8. The number of carbonyl (C=O) groups excluding carboxylic acids is 1. The molecule has 0 aliphatic heterocycles. The van der Waals surface area contributed by atoms with Gasteiger partial charge in [-0.3, -0.25) is 0 Å². The lowest BCUT2D eigenvalue weighted by Crippen LogP contribution is -2.35. The van der Waals surface area contributed by atoms with E-state index in [0.717, 1.165) is 51.6 Å². The van der Waals surface area contributed by atoms with Crippen molar-refractivity contribution in [3.05, 3.63) is 12.1 Å². The summed E-state index contributed by atoms with van der Waals surface area (Å²) < 4.78 is 22.9. The maximum atomic E-state index is 13.0. The molecule has 0 aliphatic carbocycles. The van der Waals surface area contributed by atoms with E-state index in [9.17, 15) is 9.90 Å². The Hall–Kier alpha value is -1.71. The molecule has 0 unspecified atom stereocenters. The van der Waals surface area contributed by atoms with Crippen molar-refractivity contribution in [2.75, 3.05) is 66.7 Å². The molecular weight excluding hydrogens is 594 g/mol. The van der Waals surface area contributed by atoms with E-state index in [0.29, 0.717) is 12.4 Å². The summed E-state index contributed by atoms with van der Waals surface area (Å²) in [6.07, 6.45) is 26.3. The Morgan fingerprint density at radius 2 is 1.02 bits per heavy atom. The SMILES string of the molecule is CCCCCCCCCCCCN(CCCCCCCCCCCC)C(=O)OCCOC(C)(C)OCCO/C(=C\O)NCCN(C)C. The Morgan fingerprint density at radius 1 is 0.617 bits per heavy atom. The van der Waals surface area contributed by atoms with Gasteiger partial charge >= 0.3 is 6.09 Å². The number of aliphatic hydroxyl groups excluding tert-OH is 1. The van der Waals surface area contributed by atoms with Crippen molar-refractivity contribution in [1.82, 2.24) is 15.1 Å². The molecule has 0 saturated heterocycles. The van der Waals surface area contributed by atoms with Crippen LogP contribution < -0.4 is 5.32 Å². The summed E-state index contributed by atoms with van der Waals surface area (Å²) in [5.74, 6) is -0.552. The Labute approximate surface area is 290 Å². The van der Waals surface area contributed by atoms with Crippen LogP contribution in [0.25, 0.3) is 0 Å². The van der Waals surface area contributed by atoms with Gasteiger partial charge in [0, 0.05) is 26.2 Å². The first-order valence-electron chi connectivity index (χ1n) is 19.3. The molecule has 0 aliphatic rings. The van der Waals surface area contributed by atoms with Gasteiger partial charge in [-0.25, -0.2) is 4.79 Å². The van der Waals surface area contributed by atoms with Crippen LogP contribution in [0.4, 0.5) is 4.79 Å². The predicted molar refractivity (Wildman–Crippen MR) is 196 cm³/mol. The molecule has 0 radical (unpaired) electrons.